The zero-order valence-corrected chi connectivity index (χ0v) is 15.5. The van der Waals surface area contributed by atoms with Gasteiger partial charge in [0, 0.05) is 11.4 Å². The minimum atomic E-state index is -3.63. The normalized spacial score (nSPS) is 14.7. The van der Waals surface area contributed by atoms with Crippen LogP contribution in [0.5, 0.6) is 0 Å². The molecule has 4 nitrogen and oxygen atoms in total. The Morgan fingerprint density at radius 1 is 0.962 bits per heavy atom. The molecule has 1 heterocycles. The maximum absolute atomic E-state index is 13.0. The molecule has 0 aromatic heterocycles. The summed E-state index contributed by atoms with van der Waals surface area (Å²) >= 11 is 5.88. The van der Waals surface area contributed by atoms with Gasteiger partial charge in [0.15, 0.2) is 0 Å². The van der Waals surface area contributed by atoms with Crippen LogP contribution in [-0.2, 0) is 16.4 Å². The highest BCUT2D eigenvalue weighted by molar-refractivity contribution is 7.89. The fourth-order valence-electron chi connectivity index (χ4n) is 3.23. The maximum Gasteiger partial charge on any atom is 0.265 e. The number of benzene rings is 3. The van der Waals surface area contributed by atoms with Gasteiger partial charge < -0.3 is 0 Å². The third kappa shape index (κ3) is 3.08. The van der Waals surface area contributed by atoms with Crippen LogP contribution in [0.1, 0.15) is 5.56 Å². The fraction of sp³-hybridized carbons (Fsp3) is 0.150. The van der Waals surface area contributed by atoms with Crippen molar-refractivity contribution in [1.82, 2.24) is 4.31 Å². The summed E-state index contributed by atoms with van der Waals surface area (Å²) in [6.07, 6.45) is 0.480. The molecule has 132 valence electrons. The minimum absolute atomic E-state index is 0.231. The van der Waals surface area contributed by atoms with E-state index in [-0.39, 0.29) is 4.90 Å². The summed E-state index contributed by atoms with van der Waals surface area (Å²) in [6, 6.07) is 20.4. The molecular weight excluding hydrogens is 368 g/mol. The van der Waals surface area contributed by atoms with Crippen molar-refractivity contribution in [2.75, 3.05) is 13.1 Å². The molecule has 1 aliphatic heterocycles. The van der Waals surface area contributed by atoms with Crippen LogP contribution in [-0.4, -0.2) is 31.6 Å². The number of rotatable bonds is 4. The number of hydrogen-bond donors (Lipinski definition) is 0. The zero-order valence-electron chi connectivity index (χ0n) is 14.0. The molecule has 3 aromatic carbocycles. The van der Waals surface area contributed by atoms with Gasteiger partial charge in [-0.15, -0.1) is 0 Å². The van der Waals surface area contributed by atoms with Crippen molar-refractivity contribution in [3.63, 3.8) is 0 Å². The maximum atomic E-state index is 13.0. The van der Waals surface area contributed by atoms with E-state index in [1.165, 1.54) is 16.4 Å². The van der Waals surface area contributed by atoms with Gasteiger partial charge in [0.1, 0.15) is 5.84 Å². The van der Waals surface area contributed by atoms with Crippen molar-refractivity contribution in [3.05, 3.63) is 77.3 Å². The Morgan fingerprint density at radius 3 is 2.50 bits per heavy atom. The van der Waals surface area contributed by atoms with Crippen LogP contribution < -0.4 is 0 Å². The Morgan fingerprint density at radius 2 is 1.69 bits per heavy atom. The molecule has 3 aromatic rings. The van der Waals surface area contributed by atoms with Crippen molar-refractivity contribution in [2.45, 2.75) is 11.3 Å². The second-order valence-electron chi connectivity index (χ2n) is 6.14. The lowest BCUT2D eigenvalue weighted by atomic mass is 10.0. The van der Waals surface area contributed by atoms with Crippen LogP contribution in [0.4, 0.5) is 0 Å². The molecule has 0 bridgehead atoms. The molecule has 0 radical (unpaired) electrons. The average Bonchev–Trinajstić information content (AvgIpc) is 3.11. The highest BCUT2D eigenvalue weighted by Gasteiger charge is 2.30. The minimum Gasteiger partial charge on any atom is -0.269 e. The smallest absolute Gasteiger partial charge is 0.265 e. The first-order valence-electron chi connectivity index (χ1n) is 8.34. The van der Waals surface area contributed by atoms with E-state index in [9.17, 15) is 8.42 Å². The molecule has 0 saturated carbocycles. The quantitative estimate of drug-likeness (QED) is 0.678. The number of halogens is 1. The number of aliphatic imine (C=N–C) groups is 1. The predicted octanol–water partition coefficient (Wildman–Crippen LogP) is 4.14. The van der Waals surface area contributed by atoms with Crippen LogP contribution >= 0.6 is 11.6 Å². The van der Waals surface area contributed by atoms with Crippen LogP contribution in [0.15, 0.2) is 76.6 Å². The van der Waals surface area contributed by atoms with Crippen molar-refractivity contribution >= 4 is 38.2 Å². The van der Waals surface area contributed by atoms with Crippen LogP contribution in [0.3, 0.4) is 0 Å². The molecule has 0 N–H and O–H groups in total. The summed E-state index contributed by atoms with van der Waals surface area (Å²) in [7, 11) is -3.63. The van der Waals surface area contributed by atoms with Crippen LogP contribution in [0, 0.1) is 0 Å². The lowest BCUT2D eigenvalue weighted by Crippen LogP contribution is -2.35. The van der Waals surface area contributed by atoms with Gasteiger partial charge in [-0.3, -0.25) is 9.30 Å². The summed E-state index contributed by atoms with van der Waals surface area (Å²) in [5, 5.41) is 2.76. The highest BCUT2D eigenvalue weighted by Crippen LogP contribution is 2.24. The number of nitrogens with zero attached hydrogens (tertiary/aromatic N) is 2. The Kier molecular flexibility index (Phi) is 4.42. The molecule has 0 fully saturated rings. The SMILES string of the molecule is O=S(=O)(c1ccc(Cl)cc1)N1CCN=C1Cc1cccc2ccccc12. The van der Waals surface area contributed by atoms with Crippen molar-refractivity contribution in [1.29, 1.82) is 0 Å². The van der Waals surface area contributed by atoms with E-state index in [0.29, 0.717) is 30.4 Å². The van der Waals surface area contributed by atoms with Crippen LogP contribution in [0.2, 0.25) is 5.02 Å². The molecule has 0 saturated heterocycles. The summed E-state index contributed by atoms with van der Waals surface area (Å²) in [6.45, 7) is 0.845. The number of sulfonamides is 1. The predicted molar refractivity (Wildman–Crippen MR) is 105 cm³/mol. The Balaban J connectivity index is 1.67. The van der Waals surface area contributed by atoms with Gasteiger partial charge in [0.25, 0.3) is 10.0 Å². The van der Waals surface area contributed by atoms with E-state index in [1.807, 2.05) is 24.3 Å². The van der Waals surface area contributed by atoms with Gasteiger partial charge in [0.2, 0.25) is 0 Å². The Labute approximate surface area is 157 Å². The van der Waals surface area contributed by atoms with Crippen molar-refractivity contribution < 1.29 is 8.42 Å². The molecule has 1 aliphatic rings. The largest absolute Gasteiger partial charge is 0.269 e. The molecular formula is C20H17ClN2O2S. The molecule has 0 atom stereocenters. The monoisotopic (exact) mass is 384 g/mol. The molecule has 4 rings (SSSR count). The van der Waals surface area contributed by atoms with E-state index in [0.717, 1.165) is 16.3 Å². The number of amidine groups is 1. The topological polar surface area (TPSA) is 49.7 Å². The number of fused-ring (bicyclic) bond motifs is 1. The molecule has 0 amide bonds. The lowest BCUT2D eigenvalue weighted by molar-refractivity contribution is 0.535. The molecule has 0 unspecified atom stereocenters. The lowest BCUT2D eigenvalue weighted by Gasteiger charge is -2.21. The Hall–Kier alpha value is -2.37. The Bertz CT molecular complexity index is 1090. The van der Waals surface area contributed by atoms with E-state index in [2.05, 4.69) is 23.2 Å². The van der Waals surface area contributed by atoms with Crippen molar-refractivity contribution in [3.8, 4) is 0 Å². The average molecular weight is 385 g/mol. The molecule has 0 spiro atoms. The highest BCUT2D eigenvalue weighted by atomic mass is 35.5. The number of hydrogen-bond acceptors (Lipinski definition) is 3. The standard InChI is InChI=1S/C20H17ClN2O2S/c21-17-8-10-18(11-9-17)26(24,25)23-13-12-22-20(23)14-16-6-3-5-15-4-1-2-7-19(15)16/h1-11H,12-14H2. The van der Waals surface area contributed by atoms with Gasteiger partial charge in [-0.1, -0.05) is 54.1 Å². The third-order valence-electron chi connectivity index (χ3n) is 4.52. The zero-order chi connectivity index (χ0) is 18.1. The van der Waals surface area contributed by atoms with E-state index < -0.39 is 10.0 Å². The van der Waals surface area contributed by atoms with E-state index in [4.69, 9.17) is 11.6 Å². The second-order valence-corrected chi connectivity index (χ2v) is 8.44. The summed E-state index contributed by atoms with van der Waals surface area (Å²) in [4.78, 5) is 4.70. The first kappa shape index (κ1) is 17.1. The van der Waals surface area contributed by atoms with Gasteiger partial charge in [-0.2, -0.15) is 0 Å². The molecule has 26 heavy (non-hydrogen) atoms. The van der Waals surface area contributed by atoms with Gasteiger partial charge in [0.05, 0.1) is 18.0 Å². The van der Waals surface area contributed by atoms with E-state index in [1.54, 1.807) is 12.1 Å². The molecule has 0 aliphatic carbocycles. The van der Waals surface area contributed by atoms with Crippen molar-refractivity contribution in [2.24, 2.45) is 4.99 Å². The first-order chi connectivity index (χ1) is 12.6. The van der Waals surface area contributed by atoms with Gasteiger partial charge in [-0.05, 0) is 40.6 Å². The summed E-state index contributed by atoms with van der Waals surface area (Å²) < 4.78 is 27.4. The molecule has 6 heteroatoms. The van der Waals surface area contributed by atoms with E-state index >= 15 is 0 Å². The second kappa shape index (κ2) is 6.74. The van der Waals surface area contributed by atoms with Crippen LogP contribution in [0.25, 0.3) is 10.8 Å². The first-order valence-corrected chi connectivity index (χ1v) is 10.2. The summed E-state index contributed by atoms with van der Waals surface area (Å²) in [5.74, 6) is 0.580. The third-order valence-corrected chi connectivity index (χ3v) is 6.61. The van der Waals surface area contributed by atoms with Gasteiger partial charge >= 0.3 is 0 Å². The fourth-order valence-corrected chi connectivity index (χ4v) is 4.81. The van der Waals surface area contributed by atoms with Gasteiger partial charge in [-0.25, -0.2) is 8.42 Å². The summed E-state index contributed by atoms with van der Waals surface area (Å²) in [5.41, 5.74) is 1.07.